The highest BCUT2D eigenvalue weighted by Crippen LogP contribution is 2.25. The average Bonchev–Trinajstić information content (AvgIpc) is 2.38. The first kappa shape index (κ1) is 15.3. The predicted octanol–water partition coefficient (Wildman–Crippen LogP) is 1.73. The lowest BCUT2D eigenvalue weighted by Crippen LogP contribution is -2.43. The van der Waals surface area contributed by atoms with Gasteiger partial charge in [-0.05, 0) is 50.1 Å². The molecule has 1 aliphatic heterocycles. The minimum atomic E-state index is -3.08. The molecule has 2 aliphatic rings. The molecule has 1 heterocycles. The van der Waals surface area contributed by atoms with Gasteiger partial charge in [0.05, 0.1) is 5.75 Å². The summed E-state index contributed by atoms with van der Waals surface area (Å²) in [4.78, 5) is 0. The Balaban J connectivity index is 1.76. The largest absolute Gasteiger partial charge is 0.316 e. The number of sulfonamides is 1. The molecule has 0 spiro atoms. The molecule has 0 radical (unpaired) electrons. The van der Waals surface area contributed by atoms with Gasteiger partial charge < -0.3 is 5.32 Å². The van der Waals surface area contributed by atoms with Crippen molar-refractivity contribution in [2.75, 3.05) is 25.4 Å². The lowest BCUT2D eigenvalue weighted by molar-refractivity contribution is 0.275. The zero-order valence-corrected chi connectivity index (χ0v) is 12.8. The summed E-state index contributed by atoms with van der Waals surface area (Å²) in [5.41, 5.74) is 0. The molecular weight excluding hydrogens is 260 g/mol. The van der Waals surface area contributed by atoms with Gasteiger partial charge in [-0.2, -0.15) is 0 Å². The van der Waals surface area contributed by atoms with Gasteiger partial charge in [-0.25, -0.2) is 13.1 Å². The molecule has 0 aromatic carbocycles. The van der Waals surface area contributed by atoms with E-state index in [1.807, 2.05) is 0 Å². The van der Waals surface area contributed by atoms with Crippen LogP contribution in [0.4, 0.5) is 0 Å². The quantitative estimate of drug-likeness (QED) is 0.810. The average molecular weight is 288 g/mol. The molecule has 1 saturated carbocycles. The van der Waals surface area contributed by atoms with Gasteiger partial charge in [0, 0.05) is 6.54 Å². The van der Waals surface area contributed by atoms with E-state index in [0.717, 1.165) is 32.4 Å². The van der Waals surface area contributed by atoms with Crippen LogP contribution in [0.3, 0.4) is 0 Å². The second-order valence-corrected chi connectivity index (χ2v) is 8.22. The second kappa shape index (κ2) is 7.04. The van der Waals surface area contributed by atoms with E-state index in [0.29, 0.717) is 30.1 Å². The third-order valence-electron chi connectivity index (χ3n) is 4.73. The SMILES string of the molecule is CC1CCNCC1CNS(=O)(=O)CC1CCCCC1. The summed E-state index contributed by atoms with van der Waals surface area (Å²) in [5, 5.41) is 3.35. The number of nitrogens with one attached hydrogen (secondary N) is 2. The third kappa shape index (κ3) is 5.04. The van der Waals surface area contributed by atoms with Crippen LogP contribution in [0.25, 0.3) is 0 Å². The van der Waals surface area contributed by atoms with Crippen LogP contribution in [0, 0.1) is 17.8 Å². The van der Waals surface area contributed by atoms with Crippen LogP contribution < -0.4 is 10.0 Å². The molecule has 4 nitrogen and oxygen atoms in total. The van der Waals surface area contributed by atoms with Crippen molar-refractivity contribution in [3.63, 3.8) is 0 Å². The van der Waals surface area contributed by atoms with Crippen molar-refractivity contribution >= 4 is 10.0 Å². The Bertz CT molecular complexity index is 364. The Hall–Kier alpha value is -0.130. The van der Waals surface area contributed by atoms with Crippen molar-refractivity contribution in [3.8, 4) is 0 Å². The maximum atomic E-state index is 12.1. The highest BCUT2D eigenvalue weighted by molar-refractivity contribution is 7.89. The molecule has 1 aliphatic carbocycles. The summed E-state index contributed by atoms with van der Waals surface area (Å²) in [6, 6.07) is 0. The smallest absolute Gasteiger partial charge is 0.211 e. The van der Waals surface area contributed by atoms with E-state index in [1.165, 1.54) is 19.3 Å². The van der Waals surface area contributed by atoms with E-state index >= 15 is 0 Å². The second-order valence-electron chi connectivity index (χ2n) is 6.36. The van der Waals surface area contributed by atoms with Gasteiger partial charge in [-0.1, -0.05) is 26.2 Å². The summed E-state index contributed by atoms with van der Waals surface area (Å²) in [7, 11) is -3.08. The predicted molar refractivity (Wildman–Crippen MR) is 78.5 cm³/mol. The molecular formula is C14H28N2O2S. The van der Waals surface area contributed by atoms with E-state index in [9.17, 15) is 8.42 Å². The first-order valence-corrected chi connectivity index (χ1v) is 9.40. The van der Waals surface area contributed by atoms with Gasteiger partial charge in [0.15, 0.2) is 0 Å². The summed E-state index contributed by atoms with van der Waals surface area (Å²) < 4.78 is 27.1. The highest BCUT2D eigenvalue weighted by Gasteiger charge is 2.25. The molecule has 5 heteroatoms. The zero-order valence-electron chi connectivity index (χ0n) is 12.0. The summed E-state index contributed by atoms with van der Waals surface area (Å²) in [5.74, 6) is 1.77. The topological polar surface area (TPSA) is 58.2 Å². The maximum absolute atomic E-state index is 12.1. The molecule has 2 unspecified atom stereocenters. The van der Waals surface area contributed by atoms with Crippen LogP contribution in [0.1, 0.15) is 45.4 Å². The van der Waals surface area contributed by atoms with Crippen LogP contribution in [-0.2, 0) is 10.0 Å². The van der Waals surface area contributed by atoms with Gasteiger partial charge >= 0.3 is 0 Å². The van der Waals surface area contributed by atoms with E-state index in [1.54, 1.807) is 0 Å². The molecule has 1 saturated heterocycles. The minimum Gasteiger partial charge on any atom is -0.316 e. The summed E-state index contributed by atoms with van der Waals surface area (Å²) >= 11 is 0. The Morgan fingerprint density at radius 2 is 1.89 bits per heavy atom. The first-order valence-electron chi connectivity index (χ1n) is 7.75. The molecule has 0 amide bonds. The Kier molecular flexibility index (Phi) is 5.66. The Morgan fingerprint density at radius 3 is 2.58 bits per heavy atom. The normalized spacial score (nSPS) is 30.4. The lowest BCUT2D eigenvalue weighted by Gasteiger charge is -2.30. The molecule has 2 fully saturated rings. The Labute approximate surface area is 117 Å². The molecule has 2 atom stereocenters. The van der Waals surface area contributed by atoms with E-state index in [2.05, 4.69) is 17.0 Å². The molecule has 19 heavy (non-hydrogen) atoms. The maximum Gasteiger partial charge on any atom is 0.211 e. The third-order valence-corrected chi connectivity index (χ3v) is 6.25. The van der Waals surface area contributed by atoms with Gasteiger partial charge in [-0.3, -0.25) is 0 Å². The molecule has 0 bridgehead atoms. The van der Waals surface area contributed by atoms with Crippen molar-refractivity contribution in [1.29, 1.82) is 0 Å². The number of piperidine rings is 1. The van der Waals surface area contributed by atoms with Crippen molar-refractivity contribution in [1.82, 2.24) is 10.0 Å². The van der Waals surface area contributed by atoms with Gasteiger partial charge in [0.1, 0.15) is 0 Å². The summed E-state index contributed by atoms with van der Waals surface area (Å²) in [6.45, 7) is 4.82. The molecule has 0 aromatic heterocycles. The fourth-order valence-corrected chi connectivity index (χ4v) is 4.82. The minimum absolute atomic E-state index is 0.335. The van der Waals surface area contributed by atoms with Crippen LogP contribution in [0.15, 0.2) is 0 Å². The Morgan fingerprint density at radius 1 is 1.16 bits per heavy atom. The standard InChI is InChI=1S/C14H28N2O2S/c1-12-7-8-15-9-14(12)10-16-19(17,18)11-13-5-3-2-4-6-13/h12-16H,2-11H2,1H3. The van der Waals surface area contributed by atoms with Crippen molar-refractivity contribution in [2.24, 2.45) is 17.8 Å². The van der Waals surface area contributed by atoms with Crippen LogP contribution in [0.5, 0.6) is 0 Å². The van der Waals surface area contributed by atoms with Crippen LogP contribution in [-0.4, -0.2) is 33.8 Å². The first-order chi connectivity index (χ1) is 9.07. The zero-order chi connectivity index (χ0) is 13.7. The lowest BCUT2D eigenvalue weighted by atomic mass is 9.88. The fraction of sp³-hybridized carbons (Fsp3) is 1.00. The van der Waals surface area contributed by atoms with Gasteiger partial charge in [-0.15, -0.1) is 0 Å². The fourth-order valence-electron chi connectivity index (χ4n) is 3.28. The number of rotatable bonds is 5. The molecule has 2 N–H and O–H groups in total. The van der Waals surface area contributed by atoms with Crippen LogP contribution >= 0.6 is 0 Å². The number of hydrogen-bond donors (Lipinski definition) is 2. The monoisotopic (exact) mass is 288 g/mol. The molecule has 2 rings (SSSR count). The summed E-state index contributed by atoms with van der Waals surface area (Å²) in [6.07, 6.45) is 6.99. The highest BCUT2D eigenvalue weighted by atomic mass is 32.2. The van der Waals surface area contributed by atoms with E-state index in [4.69, 9.17) is 0 Å². The van der Waals surface area contributed by atoms with Gasteiger partial charge in [0.2, 0.25) is 10.0 Å². The van der Waals surface area contributed by atoms with E-state index in [-0.39, 0.29) is 0 Å². The van der Waals surface area contributed by atoms with Crippen LogP contribution in [0.2, 0.25) is 0 Å². The van der Waals surface area contributed by atoms with E-state index < -0.39 is 10.0 Å². The number of hydrogen-bond acceptors (Lipinski definition) is 3. The van der Waals surface area contributed by atoms with Gasteiger partial charge in [0.25, 0.3) is 0 Å². The van der Waals surface area contributed by atoms with Crippen molar-refractivity contribution in [3.05, 3.63) is 0 Å². The molecule has 0 aromatic rings. The molecule has 112 valence electrons. The van der Waals surface area contributed by atoms with Crippen molar-refractivity contribution in [2.45, 2.75) is 45.4 Å². The van der Waals surface area contributed by atoms with Crippen molar-refractivity contribution < 1.29 is 8.42 Å².